The van der Waals surface area contributed by atoms with E-state index in [2.05, 4.69) is 14.9 Å². The fourth-order valence-corrected chi connectivity index (χ4v) is 5.03. The Bertz CT molecular complexity index is 1000. The van der Waals surface area contributed by atoms with Gasteiger partial charge in [0, 0.05) is 30.7 Å². The van der Waals surface area contributed by atoms with Crippen molar-refractivity contribution in [1.29, 1.82) is 0 Å². The Morgan fingerprint density at radius 3 is 2.41 bits per heavy atom. The van der Waals surface area contributed by atoms with Crippen LogP contribution < -0.4 is 10.0 Å². The highest BCUT2D eigenvalue weighted by Gasteiger charge is 2.32. The minimum Gasteiger partial charge on any atom is -0.349 e. The highest BCUT2D eigenvalue weighted by molar-refractivity contribution is 7.92. The van der Waals surface area contributed by atoms with Crippen LogP contribution >= 0.6 is 11.6 Å². The van der Waals surface area contributed by atoms with Gasteiger partial charge in [0.25, 0.3) is 15.9 Å². The number of piperidine rings is 1. The maximum Gasteiger partial charge on any atom is 0.261 e. The maximum absolute atomic E-state index is 12.7. The van der Waals surface area contributed by atoms with E-state index in [0.29, 0.717) is 16.3 Å². The Morgan fingerprint density at radius 2 is 1.72 bits per heavy atom. The summed E-state index contributed by atoms with van der Waals surface area (Å²) in [6.45, 7) is 2.01. The van der Waals surface area contributed by atoms with Gasteiger partial charge >= 0.3 is 0 Å². The number of benzene rings is 2. The molecule has 4 rings (SSSR count). The first-order chi connectivity index (χ1) is 13.9. The van der Waals surface area contributed by atoms with Crippen molar-refractivity contribution in [2.24, 2.45) is 0 Å². The third-order valence-corrected chi connectivity index (χ3v) is 7.15. The molecule has 1 heterocycles. The predicted molar refractivity (Wildman–Crippen MR) is 114 cm³/mol. The van der Waals surface area contributed by atoms with Crippen molar-refractivity contribution in [3.8, 4) is 0 Å². The second-order valence-corrected chi connectivity index (χ2v) is 9.72. The molecule has 6 nitrogen and oxygen atoms in total. The van der Waals surface area contributed by atoms with Crippen LogP contribution in [0.4, 0.5) is 5.69 Å². The molecule has 2 aromatic rings. The Labute approximate surface area is 176 Å². The molecule has 0 atom stereocenters. The molecule has 8 heteroatoms. The van der Waals surface area contributed by atoms with Gasteiger partial charge in [0.05, 0.1) is 15.6 Å². The standard InChI is InChI=1S/C21H24ClN3O3S/c22-19-6-1-2-7-20(19)24-29(27,28)18-5-3-4-15(14-18)21(26)23-16-10-12-25(13-11-16)17-8-9-17/h1-7,14,16-17,24H,8-13H2,(H,23,26). The van der Waals surface area contributed by atoms with E-state index in [0.717, 1.165) is 32.0 Å². The molecule has 2 N–H and O–H groups in total. The Kier molecular flexibility index (Phi) is 5.81. The van der Waals surface area contributed by atoms with Crippen molar-refractivity contribution in [3.63, 3.8) is 0 Å². The van der Waals surface area contributed by atoms with Gasteiger partial charge in [-0.15, -0.1) is 0 Å². The van der Waals surface area contributed by atoms with Crippen molar-refractivity contribution in [2.45, 2.75) is 42.7 Å². The van der Waals surface area contributed by atoms with Gasteiger partial charge in [-0.05, 0) is 56.0 Å². The number of carbonyl (C=O) groups excluding carboxylic acids is 1. The zero-order valence-electron chi connectivity index (χ0n) is 16.0. The minimum atomic E-state index is -3.86. The van der Waals surface area contributed by atoms with Crippen LogP contribution in [0.5, 0.6) is 0 Å². The number of hydrogen-bond donors (Lipinski definition) is 2. The number of likely N-dealkylation sites (tertiary alicyclic amines) is 1. The lowest BCUT2D eigenvalue weighted by molar-refractivity contribution is 0.0909. The van der Waals surface area contributed by atoms with Gasteiger partial charge in [-0.3, -0.25) is 9.52 Å². The van der Waals surface area contributed by atoms with E-state index in [1.165, 1.54) is 25.0 Å². The van der Waals surface area contributed by atoms with Crippen LogP contribution in [0.3, 0.4) is 0 Å². The largest absolute Gasteiger partial charge is 0.349 e. The van der Waals surface area contributed by atoms with Crippen molar-refractivity contribution in [3.05, 3.63) is 59.1 Å². The molecular formula is C21H24ClN3O3S. The summed E-state index contributed by atoms with van der Waals surface area (Å²) in [5.74, 6) is -0.246. The molecule has 0 radical (unpaired) electrons. The molecule has 0 spiro atoms. The maximum atomic E-state index is 12.7. The molecule has 2 fully saturated rings. The van der Waals surface area contributed by atoms with E-state index >= 15 is 0 Å². The molecule has 1 aliphatic carbocycles. The molecule has 2 aromatic carbocycles. The Hall–Kier alpha value is -2.09. The summed E-state index contributed by atoms with van der Waals surface area (Å²) in [7, 11) is -3.86. The van der Waals surface area contributed by atoms with E-state index in [4.69, 9.17) is 11.6 Å². The number of amides is 1. The van der Waals surface area contributed by atoms with E-state index in [-0.39, 0.29) is 16.8 Å². The molecule has 2 aliphatic rings. The average Bonchev–Trinajstić information content (AvgIpc) is 3.56. The van der Waals surface area contributed by atoms with Gasteiger partial charge in [0.1, 0.15) is 0 Å². The smallest absolute Gasteiger partial charge is 0.261 e. The van der Waals surface area contributed by atoms with Gasteiger partial charge in [-0.2, -0.15) is 0 Å². The van der Waals surface area contributed by atoms with Gasteiger partial charge in [-0.1, -0.05) is 29.8 Å². The molecule has 154 valence electrons. The molecule has 0 aromatic heterocycles. The molecule has 1 amide bonds. The molecule has 0 unspecified atom stereocenters. The van der Waals surface area contributed by atoms with Crippen molar-refractivity contribution in [1.82, 2.24) is 10.2 Å². The Morgan fingerprint density at radius 1 is 1.00 bits per heavy atom. The van der Waals surface area contributed by atoms with E-state index < -0.39 is 10.0 Å². The fraction of sp³-hybridized carbons (Fsp3) is 0.381. The molecule has 29 heavy (non-hydrogen) atoms. The highest BCUT2D eigenvalue weighted by Crippen LogP contribution is 2.29. The summed E-state index contributed by atoms with van der Waals surface area (Å²) in [5, 5.41) is 3.36. The van der Waals surface area contributed by atoms with Gasteiger partial charge in [-0.25, -0.2) is 8.42 Å². The van der Waals surface area contributed by atoms with Crippen molar-refractivity contribution < 1.29 is 13.2 Å². The molecular weight excluding hydrogens is 410 g/mol. The highest BCUT2D eigenvalue weighted by atomic mass is 35.5. The topological polar surface area (TPSA) is 78.5 Å². The van der Waals surface area contributed by atoms with Crippen LogP contribution in [-0.2, 0) is 10.0 Å². The fourth-order valence-electron chi connectivity index (χ4n) is 3.67. The van der Waals surface area contributed by atoms with E-state index in [9.17, 15) is 13.2 Å². The molecule has 0 bridgehead atoms. The van der Waals surface area contributed by atoms with Gasteiger partial charge in [0.2, 0.25) is 0 Å². The van der Waals surface area contributed by atoms with Crippen LogP contribution in [0, 0.1) is 0 Å². The van der Waals surface area contributed by atoms with Crippen molar-refractivity contribution >= 4 is 33.2 Å². The summed E-state index contributed by atoms with van der Waals surface area (Å²) >= 11 is 6.05. The average molecular weight is 434 g/mol. The second-order valence-electron chi connectivity index (χ2n) is 7.63. The van der Waals surface area contributed by atoms with Crippen LogP contribution in [0.2, 0.25) is 5.02 Å². The van der Waals surface area contributed by atoms with Crippen LogP contribution in [0.25, 0.3) is 0 Å². The lowest BCUT2D eigenvalue weighted by atomic mass is 10.0. The monoisotopic (exact) mass is 433 g/mol. The number of rotatable bonds is 6. The molecule has 1 saturated carbocycles. The minimum absolute atomic E-state index is 0.0219. The number of anilines is 1. The first-order valence-corrected chi connectivity index (χ1v) is 11.7. The lowest BCUT2D eigenvalue weighted by Gasteiger charge is -2.32. The number of carbonyl (C=O) groups is 1. The van der Waals surface area contributed by atoms with E-state index in [1.807, 2.05) is 0 Å². The van der Waals surface area contributed by atoms with Crippen LogP contribution in [-0.4, -0.2) is 44.4 Å². The van der Waals surface area contributed by atoms with Crippen LogP contribution in [0.1, 0.15) is 36.0 Å². The summed E-state index contributed by atoms with van der Waals surface area (Å²) in [6, 6.07) is 13.6. The summed E-state index contributed by atoms with van der Waals surface area (Å²) < 4.78 is 27.9. The first-order valence-electron chi connectivity index (χ1n) is 9.85. The van der Waals surface area contributed by atoms with Gasteiger partial charge < -0.3 is 10.2 Å². The van der Waals surface area contributed by atoms with Gasteiger partial charge in [0.15, 0.2) is 0 Å². The second kappa shape index (κ2) is 8.34. The van der Waals surface area contributed by atoms with Crippen molar-refractivity contribution in [2.75, 3.05) is 17.8 Å². The summed E-state index contributed by atoms with van der Waals surface area (Å²) in [5.41, 5.74) is 0.628. The lowest BCUT2D eigenvalue weighted by Crippen LogP contribution is -2.45. The number of nitrogens with one attached hydrogen (secondary N) is 2. The third-order valence-electron chi connectivity index (χ3n) is 5.45. The predicted octanol–water partition coefficient (Wildman–Crippen LogP) is 3.50. The number of hydrogen-bond acceptors (Lipinski definition) is 4. The molecule has 1 aliphatic heterocycles. The van der Waals surface area contributed by atoms with E-state index in [1.54, 1.807) is 36.4 Å². The Balaban J connectivity index is 1.42. The zero-order valence-corrected chi connectivity index (χ0v) is 17.5. The number of halogens is 1. The normalized spacial score (nSPS) is 18.4. The van der Waals surface area contributed by atoms with Crippen LogP contribution in [0.15, 0.2) is 53.4 Å². The SMILES string of the molecule is O=C(NC1CCN(C2CC2)CC1)c1cccc(S(=O)(=O)Nc2ccccc2Cl)c1. The number of sulfonamides is 1. The summed E-state index contributed by atoms with van der Waals surface area (Å²) in [6.07, 6.45) is 4.43. The number of para-hydroxylation sites is 1. The first kappa shape index (κ1) is 20.2. The third kappa shape index (κ3) is 4.91. The molecule has 1 saturated heterocycles. The number of nitrogens with zero attached hydrogens (tertiary/aromatic N) is 1. The summed E-state index contributed by atoms with van der Waals surface area (Å²) in [4.78, 5) is 15.2. The zero-order chi connectivity index (χ0) is 20.4. The quantitative estimate of drug-likeness (QED) is 0.730.